The number of nitrogens with two attached hydrogens (primary N) is 1. The van der Waals surface area contributed by atoms with Crippen molar-refractivity contribution >= 4 is 57.5 Å². The molecule has 8 aromatic rings. The zero-order valence-electron chi connectivity index (χ0n) is 47.8. The summed E-state index contributed by atoms with van der Waals surface area (Å²) in [5.41, 5.74) is 21.1. The standard InChI is InChI=1S/C26H22N6O.C17H14N6.C9H21O6P3.C9H10O2/c1-18-7-9-19(10-8-18)15-26(33)29-23-16-20(11-12-25(23)32-14-4-13-28-32)21-5-2-3-6-22(21)24-17-27-31-30-24;18-15-10-12(6-7-17(15)23-9-3-8-20-23)13-4-1-2-5-14(13)16-11-19-22-21-16;1-4-7-16(10)13-17(11,8-5-2)15-18(12,14-16)9-6-3;1-7-2-4-8(5-3-7)6-9(10)11/h2-14,16H,15,17H2,1H3,(H,29,33);1-10H,11,18H2;4-9H2,1-3H3;2-5H,6H2,1H3,(H,10,11). The summed E-state index contributed by atoms with van der Waals surface area (Å²) >= 11 is 0. The second kappa shape index (κ2) is 29.4. The Morgan fingerprint density at radius 1 is 0.553 bits per heavy atom. The second-order valence-electron chi connectivity index (χ2n) is 19.9. The Bertz CT molecular complexity index is 3790. The predicted octanol–water partition coefficient (Wildman–Crippen LogP) is 15.0. The first kappa shape index (κ1) is 62.6. The lowest BCUT2D eigenvalue weighted by Crippen LogP contribution is -2.16. The molecule has 21 nitrogen and oxygen atoms in total. The number of carboxylic acids is 1. The van der Waals surface area contributed by atoms with Crippen molar-refractivity contribution in [2.75, 3.05) is 42.6 Å². The van der Waals surface area contributed by atoms with Crippen LogP contribution in [0.25, 0.3) is 33.6 Å². The molecule has 4 N–H and O–H groups in total. The van der Waals surface area contributed by atoms with Crippen LogP contribution in [0.15, 0.2) is 201 Å². The second-order valence-corrected chi connectivity index (χ2v) is 26.9. The first-order chi connectivity index (χ1) is 41.0. The number of nitrogen functional groups attached to an aromatic ring is 1. The Balaban J connectivity index is 0.000000158. The van der Waals surface area contributed by atoms with Gasteiger partial charge in [0, 0.05) is 35.9 Å². The maximum atomic E-state index is 12.9. The lowest BCUT2D eigenvalue weighted by Gasteiger charge is -2.33. The Hall–Kier alpha value is -8.41. The molecule has 2 aromatic heterocycles. The molecule has 24 heteroatoms. The minimum atomic E-state index is -3.57. The van der Waals surface area contributed by atoms with Crippen LogP contribution in [0, 0.1) is 13.8 Å². The zero-order chi connectivity index (χ0) is 60.4. The van der Waals surface area contributed by atoms with Crippen LogP contribution >= 0.6 is 22.8 Å². The third-order valence-corrected chi connectivity index (χ3v) is 22.0. The van der Waals surface area contributed by atoms with Crippen molar-refractivity contribution < 1.29 is 41.3 Å². The number of anilines is 2. The predicted molar refractivity (Wildman–Crippen MR) is 333 cm³/mol. The van der Waals surface area contributed by atoms with Gasteiger partial charge in [0.2, 0.25) is 5.91 Å². The molecule has 0 unspecified atom stereocenters. The van der Waals surface area contributed by atoms with Gasteiger partial charge in [-0.25, -0.2) is 22.3 Å². The number of hydrogen-bond donors (Lipinski definition) is 3. The molecule has 0 bridgehead atoms. The van der Waals surface area contributed by atoms with E-state index in [0.717, 1.165) is 72.9 Å². The van der Waals surface area contributed by atoms with Gasteiger partial charge in [0.15, 0.2) is 0 Å². The number of aryl methyl sites for hydroxylation is 2. The van der Waals surface area contributed by atoms with Crippen LogP contribution in [-0.4, -0.2) is 79.5 Å². The lowest BCUT2D eigenvalue weighted by molar-refractivity contribution is -0.136. The van der Waals surface area contributed by atoms with E-state index in [9.17, 15) is 23.3 Å². The largest absolute Gasteiger partial charge is 0.481 e. The van der Waals surface area contributed by atoms with Crippen LogP contribution < -0.4 is 11.1 Å². The highest BCUT2D eigenvalue weighted by Gasteiger charge is 2.51. The molecule has 0 saturated carbocycles. The van der Waals surface area contributed by atoms with E-state index < -0.39 is 28.8 Å². The molecule has 0 spiro atoms. The minimum Gasteiger partial charge on any atom is -0.481 e. The Morgan fingerprint density at radius 3 is 1.38 bits per heavy atom. The van der Waals surface area contributed by atoms with Crippen LogP contribution in [0.3, 0.4) is 0 Å². The van der Waals surface area contributed by atoms with Crippen molar-refractivity contribution in [3.63, 3.8) is 0 Å². The van der Waals surface area contributed by atoms with Gasteiger partial charge < -0.3 is 16.2 Å². The number of aromatic nitrogens is 4. The van der Waals surface area contributed by atoms with E-state index in [1.165, 1.54) is 5.56 Å². The van der Waals surface area contributed by atoms with Crippen molar-refractivity contribution in [1.82, 2.24) is 19.6 Å². The summed E-state index contributed by atoms with van der Waals surface area (Å²) in [7, 11) is -10.7. The minimum absolute atomic E-state index is 0.0875. The summed E-state index contributed by atoms with van der Waals surface area (Å²) in [5, 5.41) is 43.8. The molecule has 85 heavy (non-hydrogen) atoms. The molecule has 3 aliphatic rings. The number of rotatable bonds is 17. The van der Waals surface area contributed by atoms with Crippen LogP contribution in [0.4, 0.5) is 11.4 Å². The van der Waals surface area contributed by atoms with Crippen molar-refractivity contribution in [3.8, 4) is 33.6 Å². The number of benzene rings is 6. The van der Waals surface area contributed by atoms with Gasteiger partial charge in [0.25, 0.3) is 0 Å². The quantitative estimate of drug-likeness (QED) is 0.0567. The fourth-order valence-corrected chi connectivity index (χ4v) is 18.4. The smallest absolute Gasteiger partial charge is 0.345 e. The van der Waals surface area contributed by atoms with Gasteiger partial charge in [-0.3, -0.25) is 23.3 Å². The number of carboxylic acid groups (broad SMARTS) is 1. The van der Waals surface area contributed by atoms with Crippen LogP contribution in [0.2, 0.25) is 0 Å². The molecular weight excluding hydrogens is 1140 g/mol. The molecule has 0 aliphatic carbocycles. The van der Waals surface area contributed by atoms with Crippen molar-refractivity contribution in [2.24, 2.45) is 30.9 Å². The molecule has 6 aromatic carbocycles. The molecule has 1 saturated heterocycles. The van der Waals surface area contributed by atoms with Gasteiger partial charge in [-0.15, -0.1) is 10.2 Å². The Kier molecular flexibility index (Phi) is 21.7. The van der Waals surface area contributed by atoms with Gasteiger partial charge in [0.05, 0.1) is 65.5 Å². The van der Waals surface area contributed by atoms with E-state index in [1.54, 1.807) is 42.5 Å². The molecule has 1 amide bonds. The third-order valence-electron chi connectivity index (χ3n) is 13.0. The van der Waals surface area contributed by atoms with Crippen molar-refractivity contribution in [1.29, 1.82) is 0 Å². The van der Waals surface area contributed by atoms with Gasteiger partial charge in [0.1, 0.15) is 13.1 Å². The van der Waals surface area contributed by atoms with Crippen LogP contribution in [-0.2, 0) is 49.1 Å². The van der Waals surface area contributed by atoms with Crippen LogP contribution in [0.1, 0.15) is 73.4 Å². The normalized spacial score (nSPS) is 18.4. The molecule has 0 atom stereocenters. The van der Waals surface area contributed by atoms with Crippen molar-refractivity contribution in [3.05, 3.63) is 204 Å². The van der Waals surface area contributed by atoms with E-state index in [1.807, 2.05) is 166 Å². The monoisotopic (exact) mass is 1200 g/mol. The molecule has 11 rings (SSSR count). The average Bonchev–Trinajstić information content (AvgIpc) is 3.19. The summed E-state index contributed by atoms with van der Waals surface area (Å²) in [6.07, 6.45) is 9.51. The highest BCUT2D eigenvalue weighted by Crippen LogP contribution is 2.82. The number of amides is 1. The van der Waals surface area contributed by atoms with Gasteiger partial charge >= 0.3 is 28.8 Å². The van der Waals surface area contributed by atoms with Gasteiger partial charge in [-0.2, -0.15) is 20.4 Å². The first-order valence-corrected chi connectivity index (χ1v) is 32.8. The van der Waals surface area contributed by atoms with E-state index >= 15 is 0 Å². The topological polar surface area (TPSA) is 281 Å². The lowest BCUT2D eigenvalue weighted by atomic mass is 9.96. The van der Waals surface area contributed by atoms with E-state index in [4.69, 9.17) is 23.8 Å². The Morgan fingerprint density at radius 2 is 0.976 bits per heavy atom. The highest BCUT2D eigenvalue weighted by atomic mass is 31.3. The van der Waals surface area contributed by atoms with Crippen molar-refractivity contribution in [2.45, 2.75) is 66.7 Å². The average molecular weight is 1210 g/mol. The van der Waals surface area contributed by atoms with E-state index in [-0.39, 0.29) is 30.8 Å². The summed E-state index contributed by atoms with van der Waals surface area (Å²) in [4.78, 5) is 23.2. The Labute approximate surface area is 493 Å². The fourth-order valence-electron chi connectivity index (χ4n) is 9.09. The maximum absolute atomic E-state index is 12.9. The fraction of sp³-hybridized carbons (Fsp3) is 0.246. The first-order valence-electron chi connectivity index (χ1n) is 27.6. The maximum Gasteiger partial charge on any atom is 0.345 e. The molecular formula is C61H67N12O9P3. The highest BCUT2D eigenvalue weighted by molar-refractivity contribution is 7.80. The summed E-state index contributed by atoms with van der Waals surface area (Å²) in [6.45, 7) is 10.4. The number of nitrogens with zero attached hydrogens (tertiary/aromatic N) is 10. The SMILES string of the molecule is CCCP1(=O)OP(=O)(CCC)OP(=O)(CCC)O1.Cc1ccc(CC(=O)Nc2cc(-c3ccccc3C3=NN=NC3)ccc2-n2cccn2)cc1.Cc1ccc(CC(=O)O)cc1.Nc1cc(-c2ccccc2C2=NN=NC2)ccc1-n1cccn1. The summed E-state index contributed by atoms with van der Waals surface area (Å²) in [5.74, 6) is -0.871. The molecule has 5 heterocycles. The number of nitrogens with one attached hydrogen (secondary N) is 1. The van der Waals surface area contributed by atoms with E-state index in [0.29, 0.717) is 50.1 Å². The number of aliphatic carboxylic acids is 1. The third kappa shape index (κ3) is 17.4. The molecule has 1 fully saturated rings. The summed E-state index contributed by atoms with van der Waals surface area (Å²) < 4.78 is 55.8. The van der Waals surface area contributed by atoms with Gasteiger partial charge in [-0.05, 0) is 113 Å². The molecule has 0 radical (unpaired) electrons. The van der Waals surface area contributed by atoms with Gasteiger partial charge in [-0.1, -0.05) is 141 Å². The zero-order valence-corrected chi connectivity index (χ0v) is 50.5. The number of hydrogen-bond acceptors (Lipinski definition) is 17. The number of carbonyl (C=O) groups excluding carboxylic acids is 1. The molecule has 440 valence electrons. The van der Waals surface area contributed by atoms with E-state index in [2.05, 4.69) is 52.5 Å². The number of carbonyl (C=O) groups is 2. The van der Waals surface area contributed by atoms with Crippen LogP contribution in [0.5, 0.6) is 0 Å². The molecule has 3 aliphatic heterocycles. The summed E-state index contributed by atoms with van der Waals surface area (Å²) in [6, 6.07) is 47.2.